The molecule has 0 amide bonds. The van der Waals surface area contributed by atoms with Crippen molar-refractivity contribution in [2.45, 2.75) is 57.7 Å². The summed E-state index contributed by atoms with van der Waals surface area (Å²) in [5, 5.41) is 12.6. The third-order valence-corrected chi connectivity index (χ3v) is 2.34. The van der Waals surface area contributed by atoms with Gasteiger partial charge in [0.1, 0.15) is 0 Å². The second kappa shape index (κ2) is 4.07. The first-order valence-electron chi connectivity index (χ1n) is 4.62. The number of hydrogen-bond acceptors (Lipinski definition) is 2. The zero-order chi connectivity index (χ0) is 8.27. The predicted octanol–water partition coefficient (Wildman–Crippen LogP) is 1.29. The van der Waals surface area contributed by atoms with Crippen LogP contribution in [0.1, 0.15) is 39.5 Å². The van der Waals surface area contributed by atoms with E-state index in [-0.39, 0.29) is 6.10 Å². The van der Waals surface area contributed by atoms with Crippen LogP contribution in [0.3, 0.4) is 0 Å². The molecule has 0 saturated carbocycles. The van der Waals surface area contributed by atoms with Crippen molar-refractivity contribution in [1.82, 2.24) is 5.32 Å². The molecule has 1 rings (SSSR count). The number of aliphatic hydroxyl groups is 1. The molecule has 0 aliphatic carbocycles. The van der Waals surface area contributed by atoms with Gasteiger partial charge in [-0.15, -0.1) is 0 Å². The third kappa shape index (κ3) is 3.21. The second-order valence-electron chi connectivity index (χ2n) is 3.78. The minimum Gasteiger partial charge on any atom is -0.393 e. The lowest BCUT2D eigenvalue weighted by molar-refractivity contribution is 0.154. The molecule has 0 radical (unpaired) electrons. The molecule has 11 heavy (non-hydrogen) atoms. The van der Waals surface area contributed by atoms with Crippen molar-refractivity contribution in [3.8, 4) is 0 Å². The number of piperidine rings is 1. The molecule has 1 fully saturated rings. The molecule has 1 aliphatic rings. The molecule has 1 aliphatic heterocycles. The molecule has 2 nitrogen and oxygen atoms in total. The quantitative estimate of drug-likeness (QED) is 0.633. The largest absolute Gasteiger partial charge is 0.393 e. The first-order valence-corrected chi connectivity index (χ1v) is 4.62. The van der Waals surface area contributed by atoms with Gasteiger partial charge in [-0.05, 0) is 33.1 Å². The molecule has 2 N–H and O–H groups in total. The number of nitrogens with one attached hydrogen (secondary N) is 1. The van der Waals surface area contributed by atoms with Gasteiger partial charge in [-0.25, -0.2) is 0 Å². The fraction of sp³-hybridized carbons (Fsp3) is 1.00. The first-order chi connectivity index (χ1) is 5.18. The summed E-state index contributed by atoms with van der Waals surface area (Å²) in [7, 11) is 0. The second-order valence-corrected chi connectivity index (χ2v) is 3.78. The first kappa shape index (κ1) is 9.01. The number of rotatable bonds is 2. The van der Waals surface area contributed by atoms with Crippen LogP contribution in [0.5, 0.6) is 0 Å². The molecule has 66 valence electrons. The van der Waals surface area contributed by atoms with Crippen LogP contribution >= 0.6 is 0 Å². The van der Waals surface area contributed by atoms with E-state index in [0.29, 0.717) is 12.1 Å². The van der Waals surface area contributed by atoms with Crippen molar-refractivity contribution in [1.29, 1.82) is 0 Å². The monoisotopic (exact) mass is 157 g/mol. The summed E-state index contributed by atoms with van der Waals surface area (Å²) >= 11 is 0. The number of aliphatic hydroxyl groups excluding tert-OH is 1. The minimum absolute atomic E-state index is 0.155. The highest BCUT2D eigenvalue weighted by molar-refractivity contribution is 4.78. The van der Waals surface area contributed by atoms with Crippen LogP contribution in [0.25, 0.3) is 0 Å². The van der Waals surface area contributed by atoms with E-state index in [4.69, 9.17) is 5.11 Å². The van der Waals surface area contributed by atoms with E-state index in [1.54, 1.807) is 0 Å². The van der Waals surface area contributed by atoms with E-state index in [1.165, 1.54) is 19.3 Å². The summed E-state index contributed by atoms with van der Waals surface area (Å²) in [4.78, 5) is 0. The minimum atomic E-state index is -0.155. The van der Waals surface area contributed by atoms with E-state index >= 15 is 0 Å². The van der Waals surface area contributed by atoms with Gasteiger partial charge < -0.3 is 10.4 Å². The molecule has 1 heterocycles. The van der Waals surface area contributed by atoms with Gasteiger partial charge >= 0.3 is 0 Å². The van der Waals surface area contributed by atoms with Crippen molar-refractivity contribution in [2.75, 3.05) is 0 Å². The Morgan fingerprint density at radius 2 is 2.27 bits per heavy atom. The van der Waals surface area contributed by atoms with Crippen molar-refractivity contribution >= 4 is 0 Å². The van der Waals surface area contributed by atoms with Gasteiger partial charge in [-0.2, -0.15) is 0 Å². The SMILES string of the molecule is C[C@@H]1CCC[C@H](C[C@@H](C)O)N1. The molecule has 0 aromatic carbocycles. The van der Waals surface area contributed by atoms with Crippen molar-refractivity contribution in [2.24, 2.45) is 0 Å². The Morgan fingerprint density at radius 3 is 2.82 bits per heavy atom. The average molecular weight is 157 g/mol. The fourth-order valence-corrected chi connectivity index (χ4v) is 1.84. The third-order valence-electron chi connectivity index (χ3n) is 2.34. The Morgan fingerprint density at radius 1 is 1.55 bits per heavy atom. The molecule has 0 aromatic rings. The van der Waals surface area contributed by atoms with Gasteiger partial charge in [0.15, 0.2) is 0 Å². The maximum absolute atomic E-state index is 9.15. The Kier molecular flexibility index (Phi) is 3.34. The molecule has 0 unspecified atom stereocenters. The molecular weight excluding hydrogens is 138 g/mol. The van der Waals surface area contributed by atoms with Crippen molar-refractivity contribution < 1.29 is 5.11 Å². The summed E-state index contributed by atoms with van der Waals surface area (Å²) in [6, 6.07) is 1.20. The molecule has 2 heteroatoms. The van der Waals surface area contributed by atoms with Crippen molar-refractivity contribution in [3.05, 3.63) is 0 Å². The Balaban J connectivity index is 2.23. The van der Waals surface area contributed by atoms with Gasteiger partial charge in [0, 0.05) is 12.1 Å². The van der Waals surface area contributed by atoms with Crippen LogP contribution < -0.4 is 5.32 Å². The summed E-state index contributed by atoms with van der Waals surface area (Å²) < 4.78 is 0. The van der Waals surface area contributed by atoms with E-state index in [9.17, 15) is 0 Å². The lowest BCUT2D eigenvalue weighted by Gasteiger charge is -2.29. The zero-order valence-corrected chi connectivity index (χ0v) is 7.51. The molecule has 1 saturated heterocycles. The molecular formula is C9H19NO. The highest BCUT2D eigenvalue weighted by atomic mass is 16.3. The summed E-state index contributed by atoms with van der Waals surface area (Å²) in [6.07, 6.45) is 4.58. The lowest BCUT2D eigenvalue weighted by atomic mass is 9.96. The van der Waals surface area contributed by atoms with Gasteiger partial charge in [0.05, 0.1) is 6.10 Å². The van der Waals surface area contributed by atoms with Gasteiger partial charge in [0.2, 0.25) is 0 Å². The van der Waals surface area contributed by atoms with Gasteiger partial charge in [-0.3, -0.25) is 0 Å². The normalized spacial score (nSPS) is 35.2. The summed E-state index contributed by atoms with van der Waals surface area (Å²) in [5.74, 6) is 0. The summed E-state index contributed by atoms with van der Waals surface area (Å²) in [6.45, 7) is 4.08. The van der Waals surface area contributed by atoms with Crippen LogP contribution in [-0.4, -0.2) is 23.3 Å². The van der Waals surface area contributed by atoms with Crippen molar-refractivity contribution in [3.63, 3.8) is 0 Å². The molecule has 0 spiro atoms. The van der Waals surface area contributed by atoms with Crippen LogP contribution in [0.15, 0.2) is 0 Å². The zero-order valence-electron chi connectivity index (χ0n) is 7.51. The van der Waals surface area contributed by atoms with Crippen LogP contribution in [0.2, 0.25) is 0 Å². The maximum Gasteiger partial charge on any atom is 0.0526 e. The van der Waals surface area contributed by atoms with E-state index in [2.05, 4.69) is 12.2 Å². The Hall–Kier alpha value is -0.0800. The van der Waals surface area contributed by atoms with Crippen LogP contribution in [0.4, 0.5) is 0 Å². The average Bonchev–Trinajstić information content (AvgIpc) is 1.85. The van der Waals surface area contributed by atoms with Gasteiger partial charge in [0.25, 0.3) is 0 Å². The Labute approximate surface area is 69.0 Å². The fourth-order valence-electron chi connectivity index (χ4n) is 1.84. The molecule has 3 atom stereocenters. The molecule has 0 bridgehead atoms. The topological polar surface area (TPSA) is 32.3 Å². The summed E-state index contributed by atoms with van der Waals surface area (Å²) in [5.41, 5.74) is 0. The van der Waals surface area contributed by atoms with E-state index in [1.807, 2.05) is 6.92 Å². The van der Waals surface area contributed by atoms with E-state index in [0.717, 1.165) is 6.42 Å². The van der Waals surface area contributed by atoms with Gasteiger partial charge in [-0.1, -0.05) is 6.42 Å². The Bertz CT molecular complexity index is 112. The standard InChI is InChI=1S/C9H19NO/c1-7-4-3-5-9(10-7)6-8(2)11/h7-11H,3-6H2,1-2H3/t7-,8-,9-/m1/s1. The highest BCUT2D eigenvalue weighted by Crippen LogP contribution is 2.15. The predicted molar refractivity (Wildman–Crippen MR) is 46.5 cm³/mol. The van der Waals surface area contributed by atoms with Crippen LogP contribution in [0, 0.1) is 0 Å². The molecule has 0 aromatic heterocycles. The maximum atomic E-state index is 9.15. The van der Waals surface area contributed by atoms with Crippen LogP contribution in [-0.2, 0) is 0 Å². The smallest absolute Gasteiger partial charge is 0.0526 e. The van der Waals surface area contributed by atoms with E-state index < -0.39 is 0 Å². The highest BCUT2D eigenvalue weighted by Gasteiger charge is 2.18. The number of hydrogen-bond donors (Lipinski definition) is 2. The lowest BCUT2D eigenvalue weighted by Crippen LogP contribution is -2.41.